The molecule has 0 fully saturated rings. The second-order valence-corrected chi connectivity index (χ2v) is 7.60. The topological polar surface area (TPSA) is 103 Å². The number of aromatic nitrogens is 3. The number of nitrogens with zero attached hydrogens (tertiary/aromatic N) is 4. The Kier molecular flexibility index (Phi) is 5.74. The van der Waals surface area contributed by atoms with Gasteiger partial charge in [-0.15, -0.1) is 10.2 Å². The average Bonchev–Trinajstić information content (AvgIpc) is 3.03. The van der Waals surface area contributed by atoms with Crippen LogP contribution in [0.1, 0.15) is 12.5 Å². The van der Waals surface area contributed by atoms with Crippen molar-refractivity contribution >= 4 is 29.0 Å². The minimum absolute atomic E-state index is 0.0749. The lowest BCUT2D eigenvalue weighted by molar-refractivity contribution is -0.384. The summed E-state index contributed by atoms with van der Waals surface area (Å²) >= 11 is 1.27. The first-order valence-corrected chi connectivity index (χ1v) is 9.41. The van der Waals surface area contributed by atoms with Crippen molar-refractivity contribution in [3.63, 3.8) is 0 Å². The van der Waals surface area contributed by atoms with Crippen molar-refractivity contribution in [1.29, 1.82) is 0 Å². The maximum Gasteiger partial charge on any atom is 0.271 e. The predicted octanol–water partition coefficient (Wildman–Crippen LogP) is 3.82. The molecule has 3 rings (SSSR count). The molecule has 1 unspecified atom stereocenters. The molecule has 0 saturated heterocycles. The standard InChI is InChI=1S/C19H19N5O3S/c1-12-7-9-14(10-8-12)17-21-22-19(23(17)3)28-13(2)18(25)20-15-5-4-6-16(11-15)24(26)27/h4-11,13H,1-3H3,(H,20,25). The molecule has 1 N–H and O–H groups in total. The number of nitro groups is 1. The smallest absolute Gasteiger partial charge is 0.271 e. The van der Waals surface area contributed by atoms with Gasteiger partial charge in [0.05, 0.1) is 10.2 Å². The molecule has 1 aromatic heterocycles. The Morgan fingerprint density at radius 2 is 1.93 bits per heavy atom. The first-order valence-electron chi connectivity index (χ1n) is 8.53. The number of carbonyl (C=O) groups is 1. The summed E-state index contributed by atoms with van der Waals surface area (Å²) in [6.07, 6.45) is 0. The minimum Gasteiger partial charge on any atom is -0.325 e. The van der Waals surface area contributed by atoms with Gasteiger partial charge in [0.2, 0.25) is 5.91 Å². The minimum atomic E-state index is -0.500. The zero-order valence-corrected chi connectivity index (χ0v) is 16.4. The fourth-order valence-corrected chi connectivity index (χ4v) is 3.34. The van der Waals surface area contributed by atoms with Crippen LogP contribution in [0.4, 0.5) is 11.4 Å². The molecular weight excluding hydrogens is 378 g/mol. The van der Waals surface area contributed by atoms with E-state index in [0.717, 1.165) is 11.1 Å². The van der Waals surface area contributed by atoms with Gasteiger partial charge in [-0.25, -0.2) is 0 Å². The molecule has 0 bridgehead atoms. The molecule has 3 aromatic rings. The number of hydrogen-bond donors (Lipinski definition) is 1. The third-order valence-corrected chi connectivity index (χ3v) is 5.25. The van der Waals surface area contributed by atoms with Crippen LogP contribution >= 0.6 is 11.8 Å². The normalized spacial score (nSPS) is 11.8. The van der Waals surface area contributed by atoms with E-state index in [2.05, 4.69) is 15.5 Å². The Balaban J connectivity index is 1.70. The molecule has 0 saturated carbocycles. The Bertz CT molecular complexity index is 1020. The molecule has 0 radical (unpaired) electrons. The summed E-state index contributed by atoms with van der Waals surface area (Å²) in [6.45, 7) is 3.76. The van der Waals surface area contributed by atoms with Gasteiger partial charge in [0.1, 0.15) is 0 Å². The summed E-state index contributed by atoms with van der Waals surface area (Å²) in [6, 6.07) is 13.8. The van der Waals surface area contributed by atoms with Crippen LogP contribution in [0, 0.1) is 17.0 Å². The number of nitro benzene ring substituents is 1. The zero-order valence-electron chi connectivity index (χ0n) is 15.6. The second-order valence-electron chi connectivity index (χ2n) is 6.29. The van der Waals surface area contributed by atoms with E-state index >= 15 is 0 Å². The zero-order chi connectivity index (χ0) is 20.3. The Labute approximate surface area is 166 Å². The van der Waals surface area contributed by atoms with Gasteiger partial charge in [-0.05, 0) is 19.9 Å². The summed E-state index contributed by atoms with van der Waals surface area (Å²) in [7, 11) is 1.85. The van der Waals surface area contributed by atoms with Crippen molar-refractivity contribution in [2.24, 2.45) is 7.05 Å². The van der Waals surface area contributed by atoms with Crippen LogP contribution in [0.3, 0.4) is 0 Å². The number of aryl methyl sites for hydroxylation is 1. The quantitative estimate of drug-likeness (QED) is 0.385. The number of hydrogen-bond acceptors (Lipinski definition) is 6. The molecule has 2 aromatic carbocycles. The number of benzene rings is 2. The first-order chi connectivity index (χ1) is 13.3. The summed E-state index contributed by atoms with van der Waals surface area (Å²) in [4.78, 5) is 22.8. The van der Waals surface area contributed by atoms with E-state index in [4.69, 9.17) is 0 Å². The Morgan fingerprint density at radius 1 is 1.21 bits per heavy atom. The number of thioether (sulfide) groups is 1. The summed E-state index contributed by atoms with van der Waals surface area (Å²) < 4.78 is 1.84. The number of nitrogens with one attached hydrogen (secondary N) is 1. The molecular formula is C19H19N5O3S. The van der Waals surface area contributed by atoms with Gasteiger partial charge in [-0.1, -0.05) is 47.7 Å². The van der Waals surface area contributed by atoms with Crippen molar-refractivity contribution in [1.82, 2.24) is 14.8 Å². The average molecular weight is 397 g/mol. The SMILES string of the molecule is Cc1ccc(-c2nnc(SC(C)C(=O)Nc3cccc([N+](=O)[O-])c3)n2C)cc1. The van der Waals surface area contributed by atoms with Crippen LogP contribution in [0.5, 0.6) is 0 Å². The fourth-order valence-electron chi connectivity index (χ4n) is 2.52. The van der Waals surface area contributed by atoms with Gasteiger partial charge in [-0.3, -0.25) is 14.9 Å². The van der Waals surface area contributed by atoms with Crippen molar-refractivity contribution in [3.05, 3.63) is 64.2 Å². The van der Waals surface area contributed by atoms with E-state index in [-0.39, 0.29) is 11.6 Å². The van der Waals surface area contributed by atoms with E-state index in [1.54, 1.807) is 13.0 Å². The maximum absolute atomic E-state index is 12.5. The third kappa shape index (κ3) is 4.37. The maximum atomic E-state index is 12.5. The van der Waals surface area contributed by atoms with Crippen molar-refractivity contribution in [2.75, 3.05) is 5.32 Å². The van der Waals surface area contributed by atoms with Gasteiger partial charge in [0.25, 0.3) is 5.69 Å². The second kappa shape index (κ2) is 8.22. The van der Waals surface area contributed by atoms with Gasteiger partial charge >= 0.3 is 0 Å². The summed E-state index contributed by atoms with van der Waals surface area (Å²) in [5.41, 5.74) is 2.41. The van der Waals surface area contributed by atoms with Crippen LogP contribution in [-0.2, 0) is 11.8 Å². The fraction of sp³-hybridized carbons (Fsp3) is 0.211. The largest absolute Gasteiger partial charge is 0.325 e. The molecule has 0 aliphatic carbocycles. The summed E-state index contributed by atoms with van der Waals surface area (Å²) in [5.74, 6) is 0.444. The van der Waals surface area contributed by atoms with E-state index in [1.807, 2.05) is 42.8 Å². The monoisotopic (exact) mass is 397 g/mol. The molecule has 28 heavy (non-hydrogen) atoms. The predicted molar refractivity (Wildman–Crippen MR) is 108 cm³/mol. The Morgan fingerprint density at radius 3 is 2.61 bits per heavy atom. The number of rotatable bonds is 6. The van der Waals surface area contributed by atoms with Crippen LogP contribution in [0.25, 0.3) is 11.4 Å². The number of anilines is 1. The highest BCUT2D eigenvalue weighted by Crippen LogP contribution is 2.27. The molecule has 1 amide bonds. The number of carbonyl (C=O) groups excluding carboxylic acids is 1. The van der Waals surface area contributed by atoms with E-state index in [0.29, 0.717) is 16.7 Å². The molecule has 0 spiro atoms. The lowest BCUT2D eigenvalue weighted by Crippen LogP contribution is -2.22. The van der Waals surface area contributed by atoms with Crippen molar-refractivity contribution < 1.29 is 9.72 Å². The highest BCUT2D eigenvalue weighted by molar-refractivity contribution is 8.00. The van der Waals surface area contributed by atoms with Crippen LogP contribution in [-0.4, -0.2) is 30.8 Å². The van der Waals surface area contributed by atoms with Crippen molar-refractivity contribution in [3.8, 4) is 11.4 Å². The van der Waals surface area contributed by atoms with Crippen LogP contribution in [0.15, 0.2) is 53.7 Å². The van der Waals surface area contributed by atoms with Gasteiger partial charge < -0.3 is 9.88 Å². The van der Waals surface area contributed by atoms with E-state index < -0.39 is 10.2 Å². The lowest BCUT2D eigenvalue weighted by Gasteiger charge is -2.11. The molecule has 0 aliphatic heterocycles. The molecule has 144 valence electrons. The Hall–Kier alpha value is -3.20. The molecule has 1 atom stereocenters. The molecule has 8 nitrogen and oxygen atoms in total. The van der Waals surface area contributed by atoms with Gasteiger partial charge in [0.15, 0.2) is 11.0 Å². The third-order valence-electron chi connectivity index (χ3n) is 4.12. The van der Waals surface area contributed by atoms with Crippen LogP contribution < -0.4 is 5.32 Å². The van der Waals surface area contributed by atoms with Gasteiger partial charge in [0, 0.05) is 30.4 Å². The van der Waals surface area contributed by atoms with Crippen molar-refractivity contribution in [2.45, 2.75) is 24.3 Å². The van der Waals surface area contributed by atoms with E-state index in [1.165, 1.54) is 30.0 Å². The summed E-state index contributed by atoms with van der Waals surface area (Å²) in [5, 5.41) is 22.1. The lowest BCUT2D eigenvalue weighted by atomic mass is 10.1. The van der Waals surface area contributed by atoms with Gasteiger partial charge in [-0.2, -0.15) is 0 Å². The molecule has 9 heteroatoms. The highest BCUT2D eigenvalue weighted by Gasteiger charge is 2.20. The number of amides is 1. The van der Waals surface area contributed by atoms with E-state index in [9.17, 15) is 14.9 Å². The molecule has 0 aliphatic rings. The van der Waals surface area contributed by atoms with Crippen LogP contribution in [0.2, 0.25) is 0 Å². The molecule has 1 heterocycles. The highest BCUT2D eigenvalue weighted by atomic mass is 32.2. The number of non-ortho nitro benzene ring substituents is 1. The first kappa shape index (κ1) is 19.6.